The Bertz CT molecular complexity index is 2300. The molecule has 6 rings (SSSR count). The molecule has 0 spiro atoms. The van der Waals surface area contributed by atoms with Crippen molar-refractivity contribution in [3.8, 4) is 0 Å². The largest absolute Gasteiger partial charge is 0.416 e. The van der Waals surface area contributed by atoms with Gasteiger partial charge in [-0.15, -0.1) is 0 Å². The SMILES string of the molecule is C=CC(=O)Nc1ccc2ccn(Cc3cccc(C(F)(F)F)c3)c2c1.CN(C)C/C=C/C(=O)Nc1cccc2c1ccn2Cc1cccc(C(F)(F)F)c1. The first-order valence-corrected chi connectivity index (χ1v) is 16.7. The summed E-state index contributed by atoms with van der Waals surface area (Å²) < 4.78 is 81.1. The highest BCUT2D eigenvalue weighted by Gasteiger charge is 2.31. The van der Waals surface area contributed by atoms with Crippen molar-refractivity contribution in [2.75, 3.05) is 31.3 Å². The number of nitrogens with zero attached hydrogens (tertiary/aromatic N) is 3. The summed E-state index contributed by atoms with van der Waals surface area (Å²) in [7, 11) is 3.83. The van der Waals surface area contributed by atoms with Crippen LogP contribution in [0.1, 0.15) is 22.3 Å². The lowest BCUT2D eigenvalue weighted by atomic mass is 10.1. The van der Waals surface area contributed by atoms with Crippen LogP contribution < -0.4 is 10.6 Å². The molecule has 54 heavy (non-hydrogen) atoms. The number of aromatic nitrogens is 2. The van der Waals surface area contributed by atoms with Crippen molar-refractivity contribution < 1.29 is 35.9 Å². The number of nitrogens with one attached hydrogen (secondary N) is 2. The molecule has 6 aromatic rings. The Morgan fingerprint density at radius 1 is 0.704 bits per heavy atom. The summed E-state index contributed by atoms with van der Waals surface area (Å²) in [6, 6.07) is 25.2. The number of rotatable bonds is 10. The molecule has 0 aliphatic carbocycles. The zero-order chi connectivity index (χ0) is 39.0. The van der Waals surface area contributed by atoms with E-state index in [0.29, 0.717) is 42.1 Å². The maximum atomic E-state index is 13.0. The quantitative estimate of drug-likeness (QED) is 0.108. The molecule has 0 unspecified atom stereocenters. The van der Waals surface area contributed by atoms with E-state index in [1.807, 2.05) is 70.9 Å². The van der Waals surface area contributed by atoms with Crippen molar-refractivity contribution in [3.63, 3.8) is 0 Å². The number of amides is 2. The van der Waals surface area contributed by atoms with Gasteiger partial charge in [-0.25, -0.2) is 0 Å². The molecule has 2 amide bonds. The van der Waals surface area contributed by atoms with Gasteiger partial charge in [-0.05, 0) is 97.3 Å². The van der Waals surface area contributed by atoms with Crippen LogP contribution in [0.25, 0.3) is 21.8 Å². The average molecular weight is 746 g/mol. The van der Waals surface area contributed by atoms with Crippen molar-refractivity contribution in [1.82, 2.24) is 14.0 Å². The Hall–Kier alpha value is -6.08. The molecule has 0 saturated heterocycles. The number of halogens is 6. The molecule has 7 nitrogen and oxygen atoms in total. The molecule has 0 aliphatic heterocycles. The van der Waals surface area contributed by atoms with Crippen LogP contribution in [-0.4, -0.2) is 46.5 Å². The fourth-order valence-corrected chi connectivity index (χ4v) is 5.69. The van der Waals surface area contributed by atoms with Crippen molar-refractivity contribution >= 4 is 45.0 Å². The molecular weight excluding hydrogens is 708 g/mol. The Morgan fingerprint density at radius 2 is 1.30 bits per heavy atom. The first-order valence-electron chi connectivity index (χ1n) is 16.7. The fraction of sp³-hybridized carbons (Fsp3) is 0.171. The predicted molar refractivity (Wildman–Crippen MR) is 200 cm³/mol. The smallest absolute Gasteiger partial charge is 0.343 e. The van der Waals surface area contributed by atoms with Crippen LogP contribution in [0.5, 0.6) is 0 Å². The van der Waals surface area contributed by atoms with Gasteiger partial charge in [-0.2, -0.15) is 26.3 Å². The van der Waals surface area contributed by atoms with Gasteiger partial charge in [0, 0.05) is 49.2 Å². The van der Waals surface area contributed by atoms with Gasteiger partial charge in [-0.1, -0.05) is 49.1 Å². The van der Waals surface area contributed by atoms with E-state index in [-0.39, 0.29) is 11.8 Å². The lowest BCUT2D eigenvalue weighted by molar-refractivity contribution is -0.138. The number of carbonyl (C=O) groups excluding carboxylic acids is 2. The number of likely N-dealkylation sites (N-methyl/N-ethyl adjacent to an activating group) is 1. The van der Waals surface area contributed by atoms with Crippen LogP contribution in [0, 0.1) is 0 Å². The number of anilines is 2. The van der Waals surface area contributed by atoms with Crippen LogP contribution >= 0.6 is 0 Å². The second-order valence-electron chi connectivity index (χ2n) is 12.6. The van der Waals surface area contributed by atoms with E-state index in [1.165, 1.54) is 24.3 Å². The minimum absolute atomic E-state index is 0.232. The predicted octanol–water partition coefficient (Wildman–Crippen LogP) is 9.60. The number of alkyl halides is 6. The Kier molecular flexibility index (Phi) is 12.1. The van der Waals surface area contributed by atoms with Gasteiger partial charge in [0.05, 0.1) is 27.8 Å². The summed E-state index contributed by atoms with van der Waals surface area (Å²) in [5, 5.41) is 7.29. The summed E-state index contributed by atoms with van der Waals surface area (Å²) in [4.78, 5) is 25.5. The number of benzene rings is 4. The van der Waals surface area contributed by atoms with Crippen LogP contribution in [0.2, 0.25) is 0 Å². The minimum atomic E-state index is -4.37. The summed E-state index contributed by atoms with van der Waals surface area (Å²) in [5.41, 5.74) is 2.68. The Morgan fingerprint density at radius 3 is 1.89 bits per heavy atom. The number of hydrogen-bond donors (Lipinski definition) is 2. The monoisotopic (exact) mass is 745 g/mol. The van der Waals surface area contributed by atoms with Gasteiger partial charge >= 0.3 is 12.4 Å². The van der Waals surface area contributed by atoms with Crippen LogP contribution in [0.3, 0.4) is 0 Å². The molecule has 0 fully saturated rings. The van der Waals surface area contributed by atoms with Crippen molar-refractivity contribution in [2.45, 2.75) is 25.4 Å². The first-order chi connectivity index (χ1) is 25.6. The first kappa shape index (κ1) is 39.1. The van der Waals surface area contributed by atoms with E-state index >= 15 is 0 Å². The molecule has 2 heterocycles. The molecular formula is C41H37F6N5O2. The van der Waals surface area contributed by atoms with E-state index < -0.39 is 23.5 Å². The third-order valence-corrected chi connectivity index (χ3v) is 8.25. The number of hydrogen-bond acceptors (Lipinski definition) is 3. The molecule has 4 aromatic carbocycles. The zero-order valence-corrected chi connectivity index (χ0v) is 29.4. The Labute approximate surface area is 307 Å². The molecule has 0 bridgehead atoms. The molecule has 0 atom stereocenters. The molecule has 0 saturated carbocycles. The zero-order valence-electron chi connectivity index (χ0n) is 29.4. The van der Waals surface area contributed by atoms with Crippen molar-refractivity contribution in [2.24, 2.45) is 0 Å². The second kappa shape index (κ2) is 16.7. The highest BCUT2D eigenvalue weighted by molar-refractivity contribution is 6.05. The molecule has 0 radical (unpaired) electrons. The summed E-state index contributed by atoms with van der Waals surface area (Å²) in [6.07, 6.45) is -0.686. The lowest BCUT2D eigenvalue weighted by Gasteiger charge is -2.11. The van der Waals surface area contributed by atoms with Gasteiger partial charge in [0.2, 0.25) is 11.8 Å². The summed E-state index contributed by atoms with van der Waals surface area (Å²) in [5.74, 6) is -0.555. The van der Waals surface area contributed by atoms with Gasteiger partial charge in [0.1, 0.15) is 0 Å². The van der Waals surface area contributed by atoms with Gasteiger partial charge in [0.15, 0.2) is 0 Å². The van der Waals surface area contributed by atoms with Gasteiger partial charge < -0.3 is 24.7 Å². The van der Waals surface area contributed by atoms with Crippen molar-refractivity contribution in [1.29, 1.82) is 0 Å². The van der Waals surface area contributed by atoms with E-state index in [2.05, 4.69) is 17.2 Å². The molecule has 0 aliphatic rings. The van der Waals surface area contributed by atoms with Crippen molar-refractivity contribution in [3.05, 3.63) is 157 Å². The normalized spacial score (nSPS) is 11.9. The third kappa shape index (κ3) is 10.3. The van der Waals surface area contributed by atoms with E-state index in [0.717, 1.165) is 46.1 Å². The molecule has 280 valence electrons. The number of fused-ring (bicyclic) bond motifs is 2. The Balaban J connectivity index is 0.000000210. The third-order valence-electron chi connectivity index (χ3n) is 8.25. The lowest BCUT2D eigenvalue weighted by Crippen LogP contribution is -2.13. The maximum Gasteiger partial charge on any atom is 0.416 e. The van der Waals surface area contributed by atoms with Crippen LogP contribution in [-0.2, 0) is 35.0 Å². The molecule has 2 aromatic heterocycles. The van der Waals surface area contributed by atoms with E-state index in [1.54, 1.807) is 36.4 Å². The standard InChI is InChI=1S/C22H22F3N3O.C19H15F3N2O/c1-27(2)12-5-10-21(29)26-19-8-4-9-20-18(19)11-13-28(20)15-16-6-3-7-17(14-16)22(23,24)25;1-2-18(25)23-16-7-6-14-8-9-24(17(14)11-16)12-13-4-3-5-15(10-13)19(20,21)22/h3-11,13-14H,12,15H2,1-2H3,(H,26,29);2-11H,1,12H2,(H,23,25)/b10-5+;. The van der Waals surface area contributed by atoms with Gasteiger partial charge in [0.25, 0.3) is 0 Å². The average Bonchev–Trinajstić information content (AvgIpc) is 3.72. The fourth-order valence-electron chi connectivity index (χ4n) is 5.69. The summed E-state index contributed by atoms with van der Waals surface area (Å²) >= 11 is 0. The highest BCUT2D eigenvalue weighted by atomic mass is 19.4. The van der Waals surface area contributed by atoms with Crippen LogP contribution in [0.15, 0.2) is 134 Å². The molecule has 13 heteroatoms. The number of carbonyl (C=O) groups is 2. The second-order valence-corrected chi connectivity index (χ2v) is 12.6. The van der Waals surface area contributed by atoms with Gasteiger partial charge in [-0.3, -0.25) is 9.59 Å². The maximum absolute atomic E-state index is 13.0. The summed E-state index contributed by atoms with van der Waals surface area (Å²) in [6.45, 7) is 4.66. The van der Waals surface area contributed by atoms with E-state index in [9.17, 15) is 35.9 Å². The highest BCUT2D eigenvalue weighted by Crippen LogP contribution is 2.32. The minimum Gasteiger partial charge on any atom is -0.343 e. The van der Waals surface area contributed by atoms with E-state index in [4.69, 9.17) is 0 Å². The molecule has 2 N–H and O–H groups in total. The van der Waals surface area contributed by atoms with Crippen LogP contribution in [0.4, 0.5) is 37.7 Å². The topological polar surface area (TPSA) is 71.3 Å².